The van der Waals surface area contributed by atoms with Gasteiger partial charge in [0.25, 0.3) is 0 Å². The van der Waals surface area contributed by atoms with E-state index >= 15 is 0 Å². The van der Waals surface area contributed by atoms with Gasteiger partial charge in [0.15, 0.2) is 0 Å². The first-order valence-corrected chi connectivity index (χ1v) is 7.72. The molecular weight excluding hydrogens is 330 g/mol. The van der Waals surface area contributed by atoms with Crippen molar-refractivity contribution >= 4 is 22.0 Å². The lowest BCUT2D eigenvalue weighted by molar-refractivity contribution is 0.139. The van der Waals surface area contributed by atoms with Crippen LogP contribution in [-0.4, -0.2) is 12.6 Å². The van der Waals surface area contributed by atoms with Crippen LogP contribution in [0.3, 0.4) is 0 Å². The molecule has 0 unspecified atom stereocenters. The van der Waals surface area contributed by atoms with Crippen molar-refractivity contribution in [2.75, 3.05) is 6.54 Å². The van der Waals surface area contributed by atoms with Gasteiger partial charge in [-0.1, -0.05) is 58.4 Å². The third-order valence-corrected chi connectivity index (χ3v) is 3.57. The van der Waals surface area contributed by atoms with E-state index in [2.05, 4.69) is 33.4 Å². The predicted molar refractivity (Wildman–Crippen MR) is 87.1 cm³/mol. The minimum absolute atomic E-state index is 0.305. The molecule has 0 spiro atoms. The Morgan fingerprint density at radius 1 is 1.00 bits per heavy atom. The fraction of sp³-hybridized carbons (Fsp3) is 0.235. The first kappa shape index (κ1) is 15.6. The SMILES string of the molecule is O=C(NCCCc1ccc(Br)cc1)OCc1ccccc1. The molecule has 2 aromatic carbocycles. The van der Waals surface area contributed by atoms with E-state index in [1.807, 2.05) is 42.5 Å². The minimum atomic E-state index is -0.366. The Bertz CT molecular complexity index is 555. The number of amides is 1. The van der Waals surface area contributed by atoms with Gasteiger partial charge in [0, 0.05) is 11.0 Å². The summed E-state index contributed by atoms with van der Waals surface area (Å²) < 4.78 is 6.22. The zero-order valence-electron chi connectivity index (χ0n) is 11.7. The van der Waals surface area contributed by atoms with Crippen molar-refractivity contribution in [3.63, 3.8) is 0 Å². The molecule has 0 aliphatic carbocycles. The van der Waals surface area contributed by atoms with Crippen LogP contribution in [0.4, 0.5) is 4.79 Å². The van der Waals surface area contributed by atoms with E-state index in [1.54, 1.807) is 0 Å². The number of nitrogens with one attached hydrogen (secondary N) is 1. The van der Waals surface area contributed by atoms with Gasteiger partial charge in [0.1, 0.15) is 6.61 Å². The Hall–Kier alpha value is -1.81. The summed E-state index contributed by atoms with van der Waals surface area (Å²) in [6.45, 7) is 0.920. The quantitative estimate of drug-likeness (QED) is 0.790. The highest BCUT2D eigenvalue weighted by Gasteiger charge is 2.01. The van der Waals surface area contributed by atoms with Crippen LogP contribution in [-0.2, 0) is 17.8 Å². The summed E-state index contributed by atoms with van der Waals surface area (Å²) in [5, 5.41) is 2.76. The molecular formula is C17H18BrNO2. The average molecular weight is 348 g/mol. The van der Waals surface area contributed by atoms with Crippen molar-refractivity contribution in [3.05, 3.63) is 70.2 Å². The normalized spacial score (nSPS) is 10.1. The maximum absolute atomic E-state index is 11.5. The van der Waals surface area contributed by atoms with Crippen molar-refractivity contribution in [2.45, 2.75) is 19.4 Å². The van der Waals surface area contributed by atoms with E-state index in [4.69, 9.17) is 4.74 Å². The highest BCUT2D eigenvalue weighted by atomic mass is 79.9. The number of halogens is 1. The average Bonchev–Trinajstić information content (AvgIpc) is 2.52. The van der Waals surface area contributed by atoms with Gasteiger partial charge in [-0.2, -0.15) is 0 Å². The standard InChI is InChI=1S/C17H18BrNO2/c18-16-10-8-14(9-11-16)7-4-12-19-17(20)21-13-15-5-2-1-3-6-15/h1-3,5-6,8-11H,4,7,12-13H2,(H,19,20). The lowest BCUT2D eigenvalue weighted by atomic mass is 10.1. The first-order valence-electron chi connectivity index (χ1n) is 6.93. The molecule has 4 heteroatoms. The van der Waals surface area contributed by atoms with Crippen molar-refractivity contribution < 1.29 is 9.53 Å². The molecule has 21 heavy (non-hydrogen) atoms. The molecule has 0 saturated carbocycles. The van der Waals surface area contributed by atoms with Crippen molar-refractivity contribution in [3.8, 4) is 0 Å². The molecule has 3 nitrogen and oxygen atoms in total. The molecule has 1 N–H and O–H groups in total. The number of aryl methyl sites for hydroxylation is 1. The molecule has 0 bridgehead atoms. The molecule has 0 atom stereocenters. The minimum Gasteiger partial charge on any atom is -0.445 e. The van der Waals surface area contributed by atoms with Gasteiger partial charge in [0.2, 0.25) is 0 Å². The van der Waals surface area contributed by atoms with Crippen molar-refractivity contribution in [1.29, 1.82) is 0 Å². The van der Waals surface area contributed by atoms with Crippen LogP contribution in [0.25, 0.3) is 0 Å². The molecule has 0 radical (unpaired) electrons. The number of rotatable bonds is 6. The smallest absolute Gasteiger partial charge is 0.407 e. The zero-order valence-corrected chi connectivity index (χ0v) is 13.3. The van der Waals surface area contributed by atoms with E-state index < -0.39 is 0 Å². The van der Waals surface area contributed by atoms with E-state index in [9.17, 15) is 4.79 Å². The van der Waals surface area contributed by atoms with Gasteiger partial charge in [-0.15, -0.1) is 0 Å². The summed E-state index contributed by atoms with van der Waals surface area (Å²) in [5.74, 6) is 0. The fourth-order valence-corrected chi connectivity index (χ4v) is 2.17. The van der Waals surface area contributed by atoms with Gasteiger partial charge in [0.05, 0.1) is 0 Å². The Morgan fingerprint density at radius 3 is 2.43 bits per heavy atom. The molecule has 0 heterocycles. The topological polar surface area (TPSA) is 38.3 Å². The number of ether oxygens (including phenoxy) is 1. The Kier molecular flexibility index (Phi) is 6.28. The second-order valence-corrected chi connectivity index (χ2v) is 5.63. The number of hydrogen-bond donors (Lipinski definition) is 1. The van der Waals surface area contributed by atoms with Gasteiger partial charge in [-0.3, -0.25) is 0 Å². The number of alkyl carbamates (subject to hydrolysis) is 1. The molecule has 0 aromatic heterocycles. The lowest BCUT2D eigenvalue weighted by Crippen LogP contribution is -2.25. The molecule has 110 valence electrons. The Labute approximate surface area is 133 Å². The van der Waals surface area contributed by atoms with Crippen LogP contribution in [0.15, 0.2) is 59.1 Å². The maximum Gasteiger partial charge on any atom is 0.407 e. The summed E-state index contributed by atoms with van der Waals surface area (Å²) in [4.78, 5) is 11.5. The van der Waals surface area contributed by atoms with Gasteiger partial charge in [-0.25, -0.2) is 4.79 Å². The van der Waals surface area contributed by atoms with E-state index in [0.717, 1.165) is 22.9 Å². The summed E-state index contributed by atoms with van der Waals surface area (Å²) in [7, 11) is 0. The van der Waals surface area contributed by atoms with Crippen LogP contribution < -0.4 is 5.32 Å². The van der Waals surface area contributed by atoms with E-state index in [-0.39, 0.29) is 6.09 Å². The predicted octanol–water partition coefficient (Wildman–Crippen LogP) is 4.31. The summed E-state index contributed by atoms with van der Waals surface area (Å²) in [6, 6.07) is 17.9. The number of benzene rings is 2. The number of carbonyl (C=O) groups is 1. The highest BCUT2D eigenvalue weighted by molar-refractivity contribution is 9.10. The Balaban J connectivity index is 1.60. The number of hydrogen-bond acceptors (Lipinski definition) is 2. The molecule has 2 aromatic rings. The maximum atomic E-state index is 11.5. The third-order valence-electron chi connectivity index (χ3n) is 3.04. The van der Waals surface area contributed by atoms with E-state index in [1.165, 1.54) is 5.56 Å². The van der Waals surface area contributed by atoms with Gasteiger partial charge < -0.3 is 10.1 Å². The van der Waals surface area contributed by atoms with Crippen molar-refractivity contribution in [1.82, 2.24) is 5.32 Å². The van der Waals surface area contributed by atoms with Crippen LogP contribution >= 0.6 is 15.9 Å². The van der Waals surface area contributed by atoms with Crippen LogP contribution in [0.5, 0.6) is 0 Å². The molecule has 1 amide bonds. The number of carbonyl (C=O) groups excluding carboxylic acids is 1. The summed E-state index contributed by atoms with van der Waals surface area (Å²) in [5.41, 5.74) is 2.25. The molecule has 0 aliphatic heterocycles. The molecule has 0 aliphatic rings. The second-order valence-electron chi connectivity index (χ2n) is 4.72. The second kappa shape index (κ2) is 8.47. The highest BCUT2D eigenvalue weighted by Crippen LogP contribution is 2.11. The van der Waals surface area contributed by atoms with Crippen LogP contribution in [0.1, 0.15) is 17.5 Å². The van der Waals surface area contributed by atoms with E-state index in [0.29, 0.717) is 13.2 Å². The summed E-state index contributed by atoms with van der Waals surface area (Å²) >= 11 is 3.41. The fourth-order valence-electron chi connectivity index (χ4n) is 1.91. The zero-order chi connectivity index (χ0) is 14.9. The first-order chi connectivity index (χ1) is 10.2. The van der Waals surface area contributed by atoms with Crippen molar-refractivity contribution in [2.24, 2.45) is 0 Å². The monoisotopic (exact) mass is 347 g/mol. The molecule has 2 rings (SSSR count). The van der Waals surface area contributed by atoms with Gasteiger partial charge in [-0.05, 0) is 36.1 Å². The molecule has 0 fully saturated rings. The third kappa shape index (κ3) is 6.00. The summed E-state index contributed by atoms with van der Waals surface area (Å²) in [6.07, 6.45) is 1.46. The lowest BCUT2D eigenvalue weighted by Gasteiger charge is -2.07. The Morgan fingerprint density at radius 2 is 1.71 bits per heavy atom. The van der Waals surface area contributed by atoms with Crippen LogP contribution in [0, 0.1) is 0 Å². The molecule has 0 saturated heterocycles. The largest absolute Gasteiger partial charge is 0.445 e. The van der Waals surface area contributed by atoms with Crippen LogP contribution in [0.2, 0.25) is 0 Å². The van der Waals surface area contributed by atoms with Gasteiger partial charge >= 0.3 is 6.09 Å².